The summed E-state index contributed by atoms with van der Waals surface area (Å²) in [5.74, 6) is -8.73. The maximum Gasteiger partial charge on any atom is 0.329 e. The van der Waals surface area contributed by atoms with Gasteiger partial charge in [-0.2, -0.15) is 0 Å². The number of carbonyl (C=O) groups excluding carboxylic acids is 5. The van der Waals surface area contributed by atoms with Crippen molar-refractivity contribution in [2.75, 3.05) is 26.9 Å². The van der Waals surface area contributed by atoms with Gasteiger partial charge in [0.1, 0.15) is 36.5 Å². The van der Waals surface area contributed by atoms with Gasteiger partial charge in [0.2, 0.25) is 5.79 Å². The van der Waals surface area contributed by atoms with Crippen LogP contribution in [0.25, 0.3) is 0 Å². The molecule has 5 rings (SSSR count). The van der Waals surface area contributed by atoms with Crippen molar-refractivity contribution < 1.29 is 58.6 Å². The minimum absolute atomic E-state index is 0.00322. The first-order valence-corrected chi connectivity index (χ1v) is 25.2. The van der Waals surface area contributed by atoms with E-state index in [4.69, 9.17) is 14.2 Å². The average molecular weight is 966 g/mol. The van der Waals surface area contributed by atoms with Gasteiger partial charge in [-0.1, -0.05) is 76.6 Å². The number of ether oxygens (including phenoxy) is 3. The normalized spacial score (nSPS) is 38.8. The van der Waals surface area contributed by atoms with Crippen molar-refractivity contribution >= 4 is 29.2 Å². The fraction of sp³-hybridized carbons (Fsp3) is 0.731. The number of piperidine rings is 1. The molecule has 0 radical (unpaired) electrons. The molecular weight excluding hydrogens is 887 g/mol. The number of tetrazole rings is 1. The van der Waals surface area contributed by atoms with Crippen LogP contribution in [0, 0.1) is 47.3 Å². The van der Waals surface area contributed by atoms with E-state index in [0.29, 0.717) is 56.9 Å². The second kappa shape index (κ2) is 25.7. The van der Waals surface area contributed by atoms with Crippen LogP contribution in [0.5, 0.6) is 0 Å². The molecule has 1 aliphatic carbocycles. The summed E-state index contributed by atoms with van der Waals surface area (Å²) >= 11 is 0. The molecule has 17 nitrogen and oxygen atoms in total. The number of fused-ring (bicyclic) bond motifs is 3. The van der Waals surface area contributed by atoms with Crippen LogP contribution in [0.15, 0.2) is 53.9 Å². The summed E-state index contributed by atoms with van der Waals surface area (Å²) in [5.41, 5.74) is 1.22. The zero-order valence-electron chi connectivity index (χ0n) is 42.0. The molecule has 3 fully saturated rings. The van der Waals surface area contributed by atoms with E-state index in [1.165, 1.54) is 12.0 Å². The minimum atomic E-state index is -2.47. The Morgan fingerprint density at radius 2 is 1.67 bits per heavy atom. The van der Waals surface area contributed by atoms with Crippen LogP contribution >= 0.6 is 0 Å². The van der Waals surface area contributed by atoms with E-state index in [-0.39, 0.29) is 86.2 Å². The molecule has 1 saturated carbocycles. The third-order valence-corrected chi connectivity index (χ3v) is 15.4. The number of cyclic esters (lactones) is 1. The lowest BCUT2D eigenvalue weighted by Crippen LogP contribution is -2.60. The quantitative estimate of drug-likeness (QED) is 0.155. The number of nitrogens with zero attached hydrogens (tertiary/aromatic N) is 5. The highest BCUT2D eigenvalue weighted by molar-refractivity contribution is 6.39. The van der Waals surface area contributed by atoms with Gasteiger partial charge in [-0.15, -0.1) is 5.10 Å². The first-order valence-electron chi connectivity index (χ1n) is 25.2. The smallest absolute Gasteiger partial charge is 0.329 e. The van der Waals surface area contributed by atoms with Gasteiger partial charge in [-0.3, -0.25) is 19.2 Å². The minimum Gasteiger partial charge on any atom is -0.460 e. The van der Waals surface area contributed by atoms with Crippen molar-refractivity contribution in [2.24, 2.45) is 47.3 Å². The number of ketones is 3. The van der Waals surface area contributed by atoms with Crippen LogP contribution in [-0.4, -0.2) is 138 Å². The van der Waals surface area contributed by atoms with E-state index >= 15 is 0 Å². The highest BCUT2D eigenvalue weighted by atomic mass is 16.6. The van der Waals surface area contributed by atoms with Gasteiger partial charge in [-0.05, 0) is 118 Å². The molecule has 384 valence electrons. The Bertz CT molecular complexity index is 2020. The second-order valence-electron chi connectivity index (χ2n) is 20.7. The van der Waals surface area contributed by atoms with Gasteiger partial charge < -0.3 is 39.5 Å². The molecule has 0 aromatic carbocycles. The number of hydrogen-bond donors (Lipinski definition) is 4. The molecule has 1 unspecified atom stereocenters. The number of carbonyl (C=O) groups is 5. The second-order valence-corrected chi connectivity index (χ2v) is 20.7. The lowest BCUT2D eigenvalue weighted by molar-refractivity contribution is -0.265. The molecule has 4 N–H and O–H groups in total. The molecule has 4 aliphatic rings. The van der Waals surface area contributed by atoms with Gasteiger partial charge in [-0.25, -0.2) is 9.48 Å². The number of Topliss-reactive ketones (excluding diaryl/α,β-unsaturated/α-hetero) is 3. The van der Waals surface area contributed by atoms with E-state index in [2.05, 4.69) is 15.5 Å². The van der Waals surface area contributed by atoms with Gasteiger partial charge >= 0.3 is 5.97 Å². The van der Waals surface area contributed by atoms with Crippen LogP contribution in [0.4, 0.5) is 0 Å². The molecule has 4 heterocycles. The Labute approximate surface area is 407 Å². The Balaban J connectivity index is 1.46. The Kier molecular flexibility index (Phi) is 20.8. The number of amides is 1. The third kappa shape index (κ3) is 14.2. The first kappa shape index (κ1) is 55.7. The number of aromatic nitrogens is 4. The average Bonchev–Trinajstić information content (AvgIpc) is 3.88. The van der Waals surface area contributed by atoms with E-state index in [1.54, 1.807) is 44.8 Å². The van der Waals surface area contributed by atoms with Gasteiger partial charge in [0, 0.05) is 62.9 Å². The number of aliphatic hydroxyl groups excluding tert-OH is 3. The lowest BCUT2D eigenvalue weighted by Gasteiger charge is -2.43. The van der Waals surface area contributed by atoms with E-state index in [1.807, 2.05) is 51.2 Å². The topological polar surface area (TPSA) is 241 Å². The summed E-state index contributed by atoms with van der Waals surface area (Å²) in [5, 5.41) is 55.9. The summed E-state index contributed by atoms with van der Waals surface area (Å²) in [6.45, 7) is 12.3. The molecule has 2 bridgehead atoms. The predicted molar refractivity (Wildman–Crippen MR) is 256 cm³/mol. The lowest BCUT2D eigenvalue weighted by atomic mass is 9.74. The third-order valence-electron chi connectivity index (χ3n) is 15.4. The number of hydrogen-bond acceptors (Lipinski definition) is 15. The highest BCUT2D eigenvalue weighted by Crippen LogP contribution is 2.41. The number of methoxy groups -OCH3 is 1. The van der Waals surface area contributed by atoms with Crippen molar-refractivity contribution in [1.82, 2.24) is 25.1 Å². The van der Waals surface area contributed by atoms with Crippen LogP contribution in [0.1, 0.15) is 132 Å². The zero-order chi connectivity index (χ0) is 50.6. The van der Waals surface area contributed by atoms with E-state index in [0.717, 1.165) is 12.0 Å². The summed E-state index contributed by atoms with van der Waals surface area (Å²) in [4.78, 5) is 72.2. The summed E-state index contributed by atoms with van der Waals surface area (Å²) in [7, 11) is 1.37. The van der Waals surface area contributed by atoms with E-state index in [9.17, 15) is 44.4 Å². The van der Waals surface area contributed by atoms with Gasteiger partial charge in [0.25, 0.3) is 11.7 Å². The molecule has 15 atom stereocenters. The standard InChI is InChI=1S/C52H79N5O12/c1-31-14-10-9-11-15-32(2)39(28-58)26-41-19-17-37(7)52(66,69-41)49(63)50(64)56-21-13-12-16-43(56)51(65)68-45(34(4)24-38-18-20-42(40(25-38)29-59)57-30-53-54-55-57)27-44(60)33(3)23-36(6)47(62)48(67-8)46(61)35(5)22-31/h9-11,14-15,23,30-31,33-35,37-43,45,47-48,58-59,62,66H,12-13,16-22,24-29H2,1-8H3/b11-9+,14-10+,32-15+,36-23+/t31-,33-,34-,35-,37-,38?,39-,40+,41+,42+,43+,45+,47-,48+,52-/m1/s1. The Morgan fingerprint density at radius 3 is 2.35 bits per heavy atom. The summed E-state index contributed by atoms with van der Waals surface area (Å²) < 4.78 is 19.7. The van der Waals surface area contributed by atoms with Crippen molar-refractivity contribution in [3.05, 3.63) is 53.9 Å². The number of aliphatic hydroxyl groups is 4. The van der Waals surface area contributed by atoms with Crippen molar-refractivity contribution in [3.8, 4) is 0 Å². The first-order chi connectivity index (χ1) is 32.8. The van der Waals surface area contributed by atoms with Crippen molar-refractivity contribution in [3.63, 3.8) is 0 Å². The van der Waals surface area contributed by atoms with Crippen LogP contribution in [0.2, 0.25) is 0 Å². The Hall–Kier alpha value is -4.26. The fourth-order valence-corrected chi connectivity index (χ4v) is 10.9. The predicted octanol–water partition coefficient (Wildman–Crippen LogP) is 5.23. The number of esters is 1. The molecule has 2 saturated heterocycles. The SMILES string of the molecule is CO[C@H]1C(=O)[C@H](C)C[C@H](C)/C=C/C=C/C=C(\C)[C@@H](CO)C[C@@H]2CC[C@@H](C)[C@@](O)(O2)C(=O)C(=O)N2CCCC[C@H]2C(=O)O[C@H]([C@H](C)CC2CC[C@H](n3cnnn3)[C@H](CO)C2)CC(=O)[C@H](C)/C=C(\C)[C@H]1O. The van der Waals surface area contributed by atoms with Crippen molar-refractivity contribution in [1.29, 1.82) is 0 Å². The molecule has 3 aliphatic heterocycles. The van der Waals surface area contributed by atoms with Crippen molar-refractivity contribution in [2.45, 2.75) is 168 Å². The molecular formula is C52H79N5O12. The largest absolute Gasteiger partial charge is 0.460 e. The van der Waals surface area contributed by atoms with Gasteiger partial charge in [0.15, 0.2) is 5.78 Å². The Morgan fingerprint density at radius 1 is 0.913 bits per heavy atom. The van der Waals surface area contributed by atoms with Crippen LogP contribution in [0.3, 0.4) is 0 Å². The molecule has 1 amide bonds. The van der Waals surface area contributed by atoms with Crippen LogP contribution in [-0.2, 0) is 38.2 Å². The number of rotatable bonds is 7. The summed E-state index contributed by atoms with van der Waals surface area (Å²) in [6, 6.07) is -1.25. The summed E-state index contributed by atoms with van der Waals surface area (Å²) in [6.07, 6.45) is 13.9. The molecule has 1 aromatic heterocycles. The van der Waals surface area contributed by atoms with Crippen LogP contribution < -0.4 is 0 Å². The highest BCUT2D eigenvalue weighted by Gasteiger charge is 2.53. The monoisotopic (exact) mass is 966 g/mol. The molecule has 17 heteroatoms. The fourth-order valence-electron chi connectivity index (χ4n) is 10.9. The van der Waals surface area contributed by atoms with Gasteiger partial charge in [0.05, 0.1) is 12.1 Å². The molecule has 69 heavy (non-hydrogen) atoms. The maximum absolute atomic E-state index is 14.5. The number of allylic oxidation sites excluding steroid dienone is 6. The molecule has 0 spiro atoms. The maximum atomic E-state index is 14.5. The zero-order valence-corrected chi connectivity index (χ0v) is 42.0. The van der Waals surface area contributed by atoms with E-state index < -0.39 is 71.7 Å². The molecule has 1 aromatic rings.